The van der Waals surface area contributed by atoms with Crippen LogP contribution >= 0.6 is 11.6 Å². The molecule has 5 heteroatoms. The van der Waals surface area contributed by atoms with Gasteiger partial charge in [0.25, 0.3) is 0 Å². The lowest BCUT2D eigenvalue weighted by Crippen LogP contribution is -2.35. The molecule has 0 radical (unpaired) electrons. The van der Waals surface area contributed by atoms with Gasteiger partial charge < -0.3 is 10.4 Å². The Morgan fingerprint density at radius 3 is 2.58 bits per heavy atom. The minimum Gasteiger partial charge on any atom is -0.396 e. The molecule has 0 spiro atoms. The molecule has 1 aromatic heterocycles. The van der Waals surface area contributed by atoms with E-state index in [1.807, 2.05) is 0 Å². The van der Waals surface area contributed by atoms with Crippen LogP contribution in [0.25, 0.3) is 0 Å². The number of aliphatic hydroxyl groups is 1. The van der Waals surface area contributed by atoms with Crippen LogP contribution < -0.4 is 5.32 Å². The van der Waals surface area contributed by atoms with Crippen LogP contribution in [-0.4, -0.2) is 27.7 Å². The highest BCUT2D eigenvalue weighted by atomic mass is 35.5. The van der Waals surface area contributed by atoms with Crippen molar-refractivity contribution in [2.24, 2.45) is 5.41 Å². The second-order valence-electron chi connectivity index (χ2n) is 5.82. The molecule has 0 amide bonds. The van der Waals surface area contributed by atoms with E-state index in [2.05, 4.69) is 43.0 Å². The van der Waals surface area contributed by atoms with Crippen LogP contribution in [0.2, 0.25) is 5.15 Å². The number of rotatable bonds is 6. The molecule has 1 unspecified atom stereocenters. The van der Waals surface area contributed by atoms with Gasteiger partial charge in [-0.15, -0.1) is 0 Å². The lowest BCUT2D eigenvalue weighted by molar-refractivity contribution is 0.235. The summed E-state index contributed by atoms with van der Waals surface area (Å²) in [7, 11) is 0. The van der Waals surface area contributed by atoms with E-state index in [9.17, 15) is 5.11 Å². The molecule has 1 atom stereocenters. The van der Waals surface area contributed by atoms with Crippen molar-refractivity contribution in [1.29, 1.82) is 0 Å². The minimum atomic E-state index is 0.0314. The molecule has 1 rings (SSSR count). The molecule has 108 valence electrons. The molecule has 0 bridgehead atoms. The summed E-state index contributed by atoms with van der Waals surface area (Å²) in [6.07, 6.45) is 3.99. The summed E-state index contributed by atoms with van der Waals surface area (Å²) < 4.78 is 0. The molecule has 1 heterocycles. The summed E-state index contributed by atoms with van der Waals surface area (Å²) >= 11 is 6.14. The van der Waals surface area contributed by atoms with Crippen molar-refractivity contribution in [3.8, 4) is 0 Å². The van der Waals surface area contributed by atoms with Crippen LogP contribution in [0.15, 0.2) is 6.33 Å². The Labute approximate surface area is 120 Å². The van der Waals surface area contributed by atoms with Crippen molar-refractivity contribution >= 4 is 17.4 Å². The van der Waals surface area contributed by atoms with E-state index in [0.29, 0.717) is 11.6 Å². The standard InChI is InChI=1S/C14H24ClN3O/c1-5-6-10-12(15)16-9-17-13(10)18-11(7-8-19)14(2,3)4/h9,11,19H,5-8H2,1-4H3,(H,16,17,18). The van der Waals surface area contributed by atoms with Crippen LogP contribution in [0.1, 0.15) is 46.1 Å². The first-order chi connectivity index (χ1) is 8.90. The Bertz CT molecular complexity index is 404. The first-order valence-electron chi connectivity index (χ1n) is 6.77. The maximum absolute atomic E-state index is 9.21. The summed E-state index contributed by atoms with van der Waals surface area (Å²) in [5, 5.41) is 13.1. The van der Waals surface area contributed by atoms with Crippen LogP contribution in [-0.2, 0) is 6.42 Å². The number of hydrogen-bond acceptors (Lipinski definition) is 4. The van der Waals surface area contributed by atoms with E-state index < -0.39 is 0 Å². The molecule has 0 aliphatic rings. The summed E-state index contributed by atoms with van der Waals surface area (Å²) in [6, 6.07) is 0.138. The van der Waals surface area contributed by atoms with Gasteiger partial charge in [0, 0.05) is 18.2 Å². The Kier molecular flexibility index (Phi) is 6.01. The molecule has 0 aliphatic carbocycles. The van der Waals surface area contributed by atoms with Gasteiger partial charge in [0.2, 0.25) is 0 Å². The highest BCUT2D eigenvalue weighted by Gasteiger charge is 2.25. The lowest BCUT2D eigenvalue weighted by atomic mass is 9.85. The summed E-state index contributed by atoms with van der Waals surface area (Å²) in [5.41, 5.74) is 0.989. The number of aliphatic hydroxyl groups excluding tert-OH is 1. The van der Waals surface area contributed by atoms with Gasteiger partial charge >= 0.3 is 0 Å². The average Bonchev–Trinajstić information content (AvgIpc) is 2.31. The minimum absolute atomic E-state index is 0.0314. The fourth-order valence-corrected chi connectivity index (χ4v) is 2.23. The van der Waals surface area contributed by atoms with Crippen molar-refractivity contribution in [1.82, 2.24) is 9.97 Å². The lowest BCUT2D eigenvalue weighted by Gasteiger charge is -2.32. The molecular formula is C14H24ClN3O. The smallest absolute Gasteiger partial charge is 0.137 e. The zero-order valence-corrected chi connectivity index (χ0v) is 13.0. The van der Waals surface area contributed by atoms with Gasteiger partial charge in [-0.25, -0.2) is 9.97 Å². The molecule has 0 fully saturated rings. The van der Waals surface area contributed by atoms with Gasteiger partial charge in [-0.2, -0.15) is 0 Å². The van der Waals surface area contributed by atoms with Crippen molar-refractivity contribution < 1.29 is 5.11 Å². The predicted molar refractivity (Wildman–Crippen MR) is 79.6 cm³/mol. The van der Waals surface area contributed by atoms with Gasteiger partial charge in [-0.1, -0.05) is 45.7 Å². The summed E-state index contributed by atoms with van der Waals surface area (Å²) in [6.45, 7) is 8.67. The number of anilines is 1. The largest absolute Gasteiger partial charge is 0.396 e. The third-order valence-electron chi connectivity index (χ3n) is 3.17. The Morgan fingerprint density at radius 1 is 1.37 bits per heavy atom. The van der Waals surface area contributed by atoms with Crippen LogP contribution in [0.4, 0.5) is 5.82 Å². The third kappa shape index (κ3) is 4.62. The molecule has 2 N–H and O–H groups in total. The van der Waals surface area contributed by atoms with Crippen molar-refractivity contribution in [3.63, 3.8) is 0 Å². The van der Waals surface area contributed by atoms with E-state index in [0.717, 1.165) is 24.2 Å². The van der Waals surface area contributed by atoms with E-state index in [-0.39, 0.29) is 18.1 Å². The molecule has 0 aromatic carbocycles. The maximum atomic E-state index is 9.21. The second kappa shape index (κ2) is 7.06. The van der Waals surface area contributed by atoms with Crippen molar-refractivity contribution in [2.75, 3.05) is 11.9 Å². The number of aromatic nitrogens is 2. The number of nitrogens with one attached hydrogen (secondary N) is 1. The fraction of sp³-hybridized carbons (Fsp3) is 0.714. The maximum Gasteiger partial charge on any atom is 0.137 e. The Hall–Kier alpha value is -0.870. The molecule has 0 saturated heterocycles. The molecular weight excluding hydrogens is 262 g/mol. The molecule has 0 aliphatic heterocycles. The van der Waals surface area contributed by atoms with E-state index in [4.69, 9.17) is 11.6 Å². The zero-order valence-electron chi connectivity index (χ0n) is 12.2. The van der Waals surface area contributed by atoms with Gasteiger partial charge in [-0.05, 0) is 18.3 Å². The van der Waals surface area contributed by atoms with Crippen LogP contribution in [0.5, 0.6) is 0 Å². The summed E-state index contributed by atoms with van der Waals surface area (Å²) in [4.78, 5) is 8.34. The molecule has 1 aromatic rings. The highest BCUT2D eigenvalue weighted by Crippen LogP contribution is 2.28. The molecule has 19 heavy (non-hydrogen) atoms. The van der Waals surface area contributed by atoms with Gasteiger partial charge in [0.05, 0.1) is 0 Å². The normalized spacial score (nSPS) is 13.4. The zero-order chi connectivity index (χ0) is 14.5. The van der Waals surface area contributed by atoms with Crippen molar-refractivity contribution in [3.05, 3.63) is 17.0 Å². The monoisotopic (exact) mass is 285 g/mol. The van der Waals surface area contributed by atoms with Gasteiger partial charge in [0.1, 0.15) is 17.3 Å². The number of hydrogen-bond donors (Lipinski definition) is 2. The van der Waals surface area contributed by atoms with Gasteiger partial charge in [-0.3, -0.25) is 0 Å². The summed E-state index contributed by atoms with van der Waals surface area (Å²) in [5.74, 6) is 0.787. The molecule has 0 saturated carbocycles. The quantitative estimate of drug-likeness (QED) is 0.788. The predicted octanol–water partition coefficient (Wildman–Crippen LogP) is 3.29. The highest BCUT2D eigenvalue weighted by molar-refractivity contribution is 6.30. The first kappa shape index (κ1) is 16.2. The number of nitrogens with zero attached hydrogens (tertiary/aromatic N) is 2. The second-order valence-corrected chi connectivity index (χ2v) is 6.17. The third-order valence-corrected chi connectivity index (χ3v) is 3.49. The van der Waals surface area contributed by atoms with Crippen molar-refractivity contribution in [2.45, 2.75) is 53.0 Å². The topological polar surface area (TPSA) is 58.0 Å². The van der Waals surface area contributed by atoms with E-state index in [1.165, 1.54) is 6.33 Å². The van der Waals surface area contributed by atoms with E-state index in [1.54, 1.807) is 0 Å². The van der Waals surface area contributed by atoms with Crippen LogP contribution in [0, 0.1) is 5.41 Å². The number of halogens is 1. The SMILES string of the molecule is CCCc1c(Cl)ncnc1NC(CCO)C(C)(C)C. The first-order valence-corrected chi connectivity index (χ1v) is 7.14. The Balaban J connectivity index is 2.99. The Morgan fingerprint density at radius 2 is 2.05 bits per heavy atom. The van der Waals surface area contributed by atoms with Gasteiger partial charge in [0.15, 0.2) is 0 Å². The van der Waals surface area contributed by atoms with E-state index >= 15 is 0 Å². The molecule has 4 nitrogen and oxygen atoms in total. The van der Waals surface area contributed by atoms with Crippen LogP contribution in [0.3, 0.4) is 0 Å². The average molecular weight is 286 g/mol. The fourth-order valence-electron chi connectivity index (χ4n) is 2.00.